The summed E-state index contributed by atoms with van der Waals surface area (Å²) in [6.45, 7) is 2.01. The van der Waals surface area contributed by atoms with Gasteiger partial charge in [0.1, 0.15) is 11.3 Å². The van der Waals surface area contributed by atoms with E-state index in [4.69, 9.17) is 18.4 Å². The molecule has 0 saturated heterocycles. The number of aryl methyl sites for hydroxylation is 1. The zero-order valence-corrected chi connectivity index (χ0v) is 18.2. The summed E-state index contributed by atoms with van der Waals surface area (Å²) in [7, 11) is 0. The molecule has 174 valence electrons. The van der Waals surface area contributed by atoms with Gasteiger partial charge in [0.2, 0.25) is 18.6 Å². The molecule has 2 N–H and O–H groups in total. The highest BCUT2D eigenvalue weighted by atomic mass is 16.7. The topological polar surface area (TPSA) is 137 Å². The van der Waals surface area contributed by atoms with Gasteiger partial charge < -0.3 is 28.8 Å². The van der Waals surface area contributed by atoms with Gasteiger partial charge in [0.05, 0.1) is 11.6 Å². The monoisotopic (exact) mass is 463 g/mol. The van der Waals surface area contributed by atoms with E-state index in [0.29, 0.717) is 46.2 Å². The lowest BCUT2D eigenvalue weighted by molar-refractivity contribution is -0.121. The van der Waals surface area contributed by atoms with Crippen molar-refractivity contribution in [1.29, 1.82) is 0 Å². The molecule has 0 fully saturated rings. The number of carbonyl (C=O) groups is 1. The van der Waals surface area contributed by atoms with E-state index in [0.717, 1.165) is 0 Å². The van der Waals surface area contributed by atoms with Crippen LogP contribution in [0.2, 0.25) is 0 Å². The second-order valence-electron chi connectivity index (χ2n) is 7.87. The van der Waals surface area contributed by atoms with Crippen molar-refractivity contribution in [2.75, 3.05) is 13.3 Å². The number of ether oxygens (including phenoxy) is 2. The second kappa shape index (κ2) is 8.89. The number of hydrogen-bond donors (Lipinski definition) is 2. The molecule has 0 spiro atoms. The smallest absolute Gasteiger partial charge is 0.231 e. The first-order valence-corrected chi connectivity index (χ1v) is 10.7. The molecule has 1 aliphatic heterocycles. The van der Waals surface area contributed by atoms with Crippen molar-refractivity contribution in [3.63, 3.8) is 0 Å². The third-order valence-corrected chi connectivity index (χ3v) is 5.60. The number of nitrogens with one attached hydrogen (secondary N) is 1. The van der Waals surface area contributed by atoms with Crippen LogP contribution in [0, 0.1) is 6.92 Å². The highest BCUT2D eigenvalue weighted by Crippen LogP contribution is 2.42. The fourth-order valence-electron chi connectivity index (χ4n) is 3.95. The first kappa shape index (κ1) is 21.5. The van der Waals surface area contributed by atoms with Crippen LogP contribution in [0.5, 0.6) is 17.2 Å². The van der Waals surface area contributed by atoms with Crippen LogP contribution in [0.25, 0.3) is 11.0 Å². The lowest BCUT2D eigenvalue weighted by Gasteiger charge is -2.19. The molecule has 0 radical (unpaired) electrons. The number of phenolic OH excluding ortho intramolecular Hbond substituents is 1. The second-order valence-corrected chi connectivity index (χ2v) is 7.87. The van der Waals surface area contributed by atoms with Crippen LogP contribution in [0.1, 0.15) is 35.2 Å². The van der Waals surface area contributed by atoms with Crippen molar-refractivity contribution in [3.05, 3.63) is 75.7 Å². The first-order chi connectivity index (χ1) is 16.5. The number of carbonyl (C=O) groups excluding carboxylic acids is 1. The number of aromatic nitrogens is 2. The van der Waals surface area contributed by atoms with Gasteiger partial charge in [0, 0.05) is 42.5 Å². The number of phenols is 1. The first-order valence-electron chi connectivity index (χ1n) is 10.7. The van der Waals surface area contributed by atoms with Gasteiger partial charge in [-0.3, -0.25) is 9.59 Å². The minimum Gasteiger partial charge on any atom is -0.508 e. The van der Waals surface area contributed by atoms with Crippen molar-refractivity contribution in [3.8, 4) is 17.2 Å². The van der Waals surface area contributed by atoms with Crippen LogP contribution >= 0.6 is 0 Å². The molecule has 10 heteroatoms. The Hall–Kier alpha value is -4.34. The van der Waals surface area contributed by atoms with Gasteiger partial charge >= 0.3 is 0 Å². The fraction of sp³-hybridized carbons (Fsp3) is 0.250. The molecule has 1 unspecified atom stereocenters. The summed E-state index contributed by atoms with van der Waals surface area (Å²) in [6, 6.07) is 9.87. The van der Waals surface area contributed by atoms with Gasteiger partial charge in [-0.05, 0) is 25.1 Å². The third kappa shape index (κ3) is 4.17. The Balaban J connectivity index is 1.46. The van der Waals surface area contributed by atoms with Crippen molar-refractivity contribution in [2.24, 2.45) is 0 Å². The molecule has 0 bridgehead atoms. The van der Waals surface area contributed by atoms with Crippen molar-refractivity contribution >= 4 is 16.9 Å². The molecule has 10 nitrogen and oxygen atoms in total. The lowest BCUT2D eigenvalue weighted by Crippen LogP contribution is -2.28. The lowest BCUT2D eigenvalue weighted by atomic mass is 9.87. The van der Waals surface area contributed by atoms with Gasteiger partial charge in [-0.1, -0.05) is 17.3 Å². The predicted octanol–water partition coefficient (Wildman–Crippen LogP) is 2.80. The van der Waals surface area contributed by atoms with E-state index < -0.39 is 5.92 Å². The quantitative estimate of drug-likeness (QED) is 0.424. The minimum absolute atomic E-state index is 0.0244. The summed E-state index contributed by atoms with van der Waals surface area (Å²) in [4.78, 5) is 30.3. The Labute approximate surface area is 193 Å². The number of benzene rings is 2. The van der Waals surface area contributed by atoms with Gasteiger partial charge in [0.15, 0.2) is 22.8 Å². The van der Waals surface area contributed by atoms with Crippen molar-refractivity contribution < 1.29 is 28.3 Å². The fourth-order valence-corrected chi connectivity index (χ4v) is 3.95. The van der Waals surface area contributed by atoms with E-state index in [1.165, 1.54) is 12.3 Å². The maximum atomic E-state index is 13.3. The number of para-hydroxylation sites is 1. The molecular formula is C24H21N3O7. The Bertz CT molecular complexity index is 1430. The number of aromatic hydroxyl groups is 1. The maximum Gasteiger partial charge on any atom is 0.231 e. The normalized spacial score (nSPS) is 13.2. The molecule has 1 atom stereocenters. The van der Waals surface area contributed by atoms with Crippen LogP contribution in [0.4, 0.5) is 0 Å². The number of hydrogen-bond acceptors (Lipinski definition) is 9. The molecule has 2 aromatic carbocycles. The molecule has 2 aromatic heterocycles. The summed E-state index contributed by atoms with van der Waals surface area (Å²) in [5.74, 6) is 0.517. The Kier molecular flexibility index (Phi) is 5.62. The third-order valence-electron chi connectivity index (χ3n) is 5.60. The summed E-state index contributed by atoms with van der Waals surface area (Å²) in [5.41, 5.74) is 0.757. The van der Waals surface area contributed by atoms with Crippen molar-refractivity contribution in [1.82, 2.24) is 15.5 Å². The molecule has 0 aliphatic carbocycles. The van der Waals surface area contributed by atoms with Crippen LogP contribution < -0.4 is 20.2 Å². The number of nitrogens with zero attached hydrogens (tertiary/aromatic N) is 2. The van der Waals surface area contributed by atoms with Gasteiger partial charge in [0.25, 0.3) is 0 Å². The average Bonchev–Trinajstić information content (AvgIpc) is 3.46. The van der Waals surface area contributed by atoms with Crippen LogP contribution in [-0.2, 0) is 11.2 Å². The molecule has 1 amide bonds. The molecule has 3 heterocycles. The molecule has 4 aromatic rings. The maximum absolute atomic E-state index is 13.3. The van der Waals surface area contributed by atoms with E-state index in [2.05, 4.69) is 15.5 Å². The highest BCUT2D eigenvalue weighted by Gasteiger charge is 2.28. The number of amides is 1. The van der Waals surface area contributed by atoms with Gasteiger partial charge in [-0.15, -0.1) is 0 Å². The zero-order valence-electron chi connectivity index (χ0n) is 18.2. The van der Waals surface area contributed by atoms with Crippen molar-refractivity contribution in [2.45, 2.75) is 25.7 Å². The standard InChI is InChI=1S/C24H21N3O7/c1-13-26-23(34-27-13)6-7-25-22(29)9-15(16-8-20-21(10-18(16)28)33-12-32-20)17-11-31-19-5-3-2-4-14(19)24(17)30/h2-5,8,10-11,15,28H,6-7,9,12H2,1H3,(H,25,29). The zero-order chi connectivity index (χ0) is 23.7. The Morgan fingerprint density at radius 2 is 1.97 bits per heavy atom. The average molecular weight is 463 g/mol. The molecular weight excluding hydrogens is 442 g/mol. The largest absolute Gasteiger partial charge is 0.508 e. The number of rotatable bonds is 7. The SMILES string of the molecule is Cc1noc(CCNC(=O)CC(c2cc3c(cc2O)OCO3)c2coc3ccccc3c2=O)n1. The van der Waals surface area contributed by atoms with E-state index in [9.17, 15) is 14.7 Å². The molecule has 1 aliphatic rings. The van der Waals surface area contributed by atoms with Crippen LogP contribution in [-0.4, -0.2) is 34.5 Å². The highest BCUT2D eigenvalue weighted by molar-refractivity contribution is 5.80. The molecule has 34 heavy (non-hydrogen) atoms. The summed E-state index contributed by atoms with van der Waals surface area (Å²) < 4.78 is 21.5. The molecule has 5 rings (SSSR count). The predicted molar refractivity (Wildman–Crippen MR) is 119 cm³/mol. The Morgan fingerprint density at radius 1 is 1.18 bits per heavy atom. The summed E-state index contributed by atoms with van der Waals surface area (Å²) >= 11 is 0. The van der Waals surface area contributed by atoms with Gasteiger partial charge in [-0.25, -0.2) is 0 Å². The van der Waals surface area contributed by atoms with E-state index in [1.54, 1.807) is 37.3 Å². The van der Waals surface area contributed by atoms with E-state index in [1.807, 2.05) is 0 Å². The summed E-state index contributed by atoms with van der Waals surface area (Å²) in [6.07, 6.45) is 1.59. The van der Waals surface area contributed by atoms with E-state index >= 15 is 0 Å². The van der Waals surface area contributed by atoms with Crippen LogP contribution in [0.3, 0.4) is 0 Å². The minimum atomic E-state index is -0.791. The van der Waals surface area contributed by atoms with Crippen LogP contribution in [0.15, 0.2) is 56.4 Å². The Morgan fingerprint density at radius 3 is 2.76 bits per heavy atom. The molecule has 0 saturated carbocycles. The summed E-state index contributed by atoms with van der Waals surface area (Å²) in [5, 5.41) is 17.6. The van der Waals surface area contributed by atoms with E-state index in [-0.39, 0.29) is 42.4 Å². The number of fused-ring (bicyclic) bond motifs is 2. The van der Waals surface area contributed by atoms with Gasteiger partial charge in [-0.2, -0.15) is 4.98 Å².